The molecule has 0 spiro atoms. The molecule has 1 aliphatic carbocycles. The second kappa shape index (κ2) is 8.93. The van der Waals surface area contributed by atoms with E-state index in [0.717, 1.165) is 12.8 Å². The molecule has 0 aromatic heterocycles. The molecule has 1 saturated carbocycles. The number of rotatable bonds is 7. The van der Waals surface area contributed by atoms with Crippen LogP contribution in [0, 0.1) is 17.8 Å². The van der Waals surface area contributed by atoms with Gasteiger partial charge in [-0.25, -0.2) is 4.79 Å². The van der Waals surface area contributed by atoms with Crippen LogP contribution in [0.1, 0.15) is 47.0 Å². The van der Waals surface area contributed by atoms with E-state index in [1.54, 1.807) is 6.92 Å². The van der Waals surface area contributed by atoms with Crippen LogP contribution in [-0.2, 0) is 19.1 Å². The molecule has 0 aromatic carbocycles. The standard InChI is InChI=1S/C17H29NO4/c1-6-21-17(20)13(5)18-16(19)10-22-15-9-12(4)7-8-14(15)11(2)3/h11-12,14-15H,5-10H2,1-4H3,(H,18,19). The number of nitrogens with one attached hydrogen (secondary N) is 1. The van der Waals surface area contributed by atoms with Crippen molar-refractivity contribution >= 4 is 11.9 Å². The molecular formula is C17H29NO4. The van der Waals surface area contributed by atoms with Gasteiger partial charge in [-0.2, -0.15) is 0 Å². The molecule has 1 N–H and O–H groups in total. The van der Waals surface area contributed by atoms with Crippen LogP contribution in [0.3, 0.4) is 0 Å². The van der Waals surface area contributed by atoms with Gasteiger partial charge in [0.2, 0.25) is 0 Å². The summed E-state index contributed by atoms with van der Waals surface area (Å²) in [6.07, 6.45) is 3.44. The third-order valence-electron chi connectivity index (χ3n) is 4.20. The zero-order chi connectivity index (χ0) is 16.7. The number of esters is 1. The summed E-state index contributed by atoms with van der Waals surface area (Å²) in [6.45, 7) is 12.0. The highest BCUT2D eigenvalue weighted by Gasteiger charge is 2.31. The zero-order valence-electron chi connectivity index (χ0n) is 14.2. The molecule has 0 aliphatic heterocycles. The summed E-state index contributed by atoms with van der Waals surface area (Å²) in [5, 5.41) is 2.43. The topological polar surface area (TPSA) is 64.6 Å². The summed E-state index contributed by atoms with van der Waals surface area (Å²) in [5.41, 5.74) is -0.0483. The lowest BCUT2D eigenvalue weighted by Gasteiger charge is -2.37. The van der Waals surface area contributed by atoms with Gasteiger partial charge in [-0.1, -0.05) is 33.8 Å². The summed E-state index contributed by atoms with van der Waals surface area (Å²) in [6, 6.07) is 0. The minimum Gasteiger partial charge on any atom is -0.461 e. The molecule has 0 heterocycles. The van der Waals surface area contributed by atoms with Crippen LogP contribution in [0.2, 0.25) is 0 Å². The molecule has 0 bridgehead atoms. The number of carbonyl (C=O) groups is 2. The van der Waals surface area contributed by atoms with Gasteiger partial charge in [0, 0.05) is 0 Å². The first-order valence-electron chi connectivity index (χ1n) is 8.12. The minimum atomic E-state index is -0.609. The maximum atomic E-state index is 11.9. The highest BCUT2D eigenvalue weighted by Crippen LogP contribution is 2.35. The zero-order valence-corrected chi connectivity index (χ0v) is 14.2. The number of hydrogen-bond acceptors (Lipinski definition) is 4. The molecule has 1 amide bonds. The van der Waals surface area contributed by atoms with E-state index in [4.69, 9.17) is 9.47 Å². The summed E-state index contributed by atoms with van der Waals surface area (Å²) in [4.78, 5) is 23.2. The fourth-order valence-corrected chi connectivity index (χ4v) is 2.96. The van der Waals surface area contributed by atoms with Crippen LogP contribution < -0.4 is 5.32 Å². The third-order valence-corrected chi connectivity index (χ3v) is 4.20. The van der Waals surface area contributed by atoms with Crippen LogP contribution in [0.15, 0.2) is 12.3 Å². The highest BCUT2D eigenvalue weighted by atomic mass is 16.5. The monoisotopic (exact) mass is 311 g/mol. The molecule has 3 atom stereocenters. The van der Waals surface area contributed by atoms with Crippen molar-refractivity contribution in [3.8, 4) is 0 Å². The van der Waals surface area contributed by atoms with E-state index in [0.29, 0.717) is 17.8 Å². The molecule has 22 heavy (non-hydrogen) atoms. The molecule has 0 radical (unpaired) electrons. The van der Waals surface area contributed by atoms with Gasteiger partial charge in [0.25, 0.3) is 5.91 Å². The average molecular weight is 311 g/mol. The van der Waals surface area contributed by atoms with E-state index < -0.39 is 5.97 Å². The van der Waals surface area contributed by atoms with Crippen molar-refractivity contribution in [1.82, 2.24) is 5.32 Å². The Balaban J connectivity index is 2.44. The van der Waals surface area contributed by atoms with Crippen molar-refractivity contribution in [3.63, 3.8) is 0 Å². The molecule has 126 valence electrons. The smallest absolute Gasteiger partial charge is 0.354 e. The van der Waals surface area contributed by atoms with Gasteiger partial charge in [0.15, 0.2) is 0 Å². The Bertz CT molecular complexity index is 405. The summed E-state index contributed by atoms with van der Waals surface area (Å²) in [5.74, 6) is 0.672. The van der Waals surface area contributed by atoms with Crippen LogP contribution in [0.4, 0.5) is 0 Å². The molecule has 1 aliphatic rings. The van der Waals surface area contributed by atoms with Crippen molar-refractivity contribution in [2.24, 2.45) is 17.8 Å². The van der Waals surface area contributed by atoms with Crippen molar-refractivity contribution in [2.75, 3.05) is 13.2 Å². The van der Waals surface area contributed by atoms with E-state index in [1.807, 2.05) is 0 Å². The van der Waals surface area contributed by atoms with E-state index in [9.17, 15) is 9.59 Å². The fraction of sp³-hybridized carbons (Fsp3) is 0.765. The molecule has 1 rings (SSSR count). The van der Waals surface area contributed by atoms with Crippen molar-refractivity contribution < 1.29 is 19.1 Å². The second-order valence-electron chi connectivity index (χ2n) is 6.42. The molecule has 5 nitrogen and oxygen atoms in total. The van der Waals surface area contributed by atoms with Gasteiger partial charge in [0.05, 0.1) is 12.7 Å². The van der Waals surface area contributed by atoms with Crippen molar-refractivity contribution in [3.05, 3.63) is 12.3 Å². The normalized spacial score (nSPS) is 24.9. The predicted molar refractivity (Wildman–Crippen MR) is 85.0 cm³/mol. The number of amides is 1. The molecule has 1 fully saturated rings. The lowest BCUT2D eigenvalue weighted by Crippen LogP contribution is -2.38. The van der Waals surface area contributed by atoms with Crippen LogP contribution in [-0.4, -0.2) is 31.2 Å². The summed E-state index contributed by atoms with van der Waals surface area (Å²) >= 11 is 0. The highest BCUT2D eigenvalue weighted by molar-refractivity contribution is 5.93. The van der Waals surface area contributed by atoms with Gasteiger partial charge in [-0.15, -0.1) is 0 Å². The second-order valence-corrected chi connectivity index (χ2v) is 6.42. The summed E-state index contributed by atoms with van der Waals surface area (Å²) < 4.78 is 10.6. The number of ether oxygens (including phenoxy) is 2. The predicted octanol–water partition coefficient (Wildman–Crippen LogP) is 2.66. The number of hydrogen-bond donors (Lipinski definition) is 1. The van der Waals surface area contributed by atoms with Crippen LogP contribution >= 0.6 is 0 Å². The Morgan fingerprint density at radius 3 is 2.59 bits per heavy atom. The Kier molecular flexibility index (Phi) is 7.59. The molecule has 0 saturated heterocycles. The minimum absolute atomic E-state index is 0.0483. The molecule has 0 aromatic rings. The average Bonchev–Trinajstić information content (AvgIpc) is 2.45. The third kappa shape index (κ3) is 5.79. The van der Waals surface area contributed by atoms with Crippen molar-refractivity contribution in [1.29, 1.82) is 0 Å². The van der Waals surface area contributed by atoms with Gasteiger partial charge in [-0.3, -0.25) is 4.79 Å². The molecule has 5 heteroatoms. The largest absolute Gasteiger partial charge is 0.461 e. The van der Waals surface area contributed by atoms with Crippen LogP contribution in [0.25, 0.3) is 0 Å². The first-order valence-corrected chi connectivity index (χ1v) is 8.12. The summed E-state index contributed by atoms with van der Waals surface area (Å²) in [7, 11) is 0. The number of carbonyl (C=O) groups excluding carboxylic acids is 2. The SMILES string of the molecule is C=C(NC(=O)COC1CC(C)CCC1C(C)C)C(=O)OCC. The first kappa shape index (κ1) is 18.7. The maximum absolute atomic E-state index is 11.9. The molecular weight excluding hydrogens is 282 g/mol. The Labute approximate surface area is 133 Å². The fourth-order valence-electron chi connectivity index (χ4n) is 2.96. The Hall–Kier alpha value is -1.36. The van der Waals surface area contributed by atoms with Crippen LogP contribution in [0.5, 0.6) is 0 Å². The van der Waals surface area contributed by atoms with E-state index >= 15 is 0 Å². The lowest BCUT2D eigenvalue weighted by molar-refractivity contribution is -0.141. The Morgan fingerprint density at radius 2 is 2.00 bits per heavy atom. The van der Waals surface area contributed by atoms with Crippen molar-refractivity contribution in [2.45, 2.75) is 53.1 Å². The molecule has 3 unspecified atom stereocenters. The van der Waals surface area contributed by atoms with E-state index in [2.05, 4.69) is 32.7 Å². The maximum Gasteiger partial charge on any atom is 0.354 e. The lowest BCUT2D eigenvalue weighted by atomic mass is 9.75. The van der Waals surface area contributed by atoms with Gasteiger partial charge >= 0.3 is 5.97 Å². The van der Waals surface area contributed by atoms with Gasteiger partial charge in [0.1, 0.15) is 12.3 Å². The van der Waals surface area contributed by atoms with E-state index in [-0.39, 0.29) is 30.9 Å². The first-order chi connectivity index (χ1) is 10.3. The van der Waals surface area contributed by atoms with E-state index in [1.165, 1.54) is 6.42 Å². The quantitative estimate of drug-likeness (QED) is 0.580. The van der Waals surface area contributed by atoms with Gasteiger partial charge < -0.3 is 14.8 Å². The van der Waals surface area contributed by atoms with Gasteiger partial charge in [-0.05, 0) is 37.5 Å². The Morgan fingerprint density at radius 1 is 1.32 bits per heavy atom.